The van der Waals surface area contributed by atoms with Crippen molar-refractivity contribution in [3.8, 4) is 0 Å². The maximum Gasteiger partial charge on any atom is 0.259 e. The molecule has 1 aliphatic heterocycles. The molecule has 6 heteroatoms. The smallest absolute Gasteiger partial charge is 0.259 e. The molecule has 3 heterocycles. The molecule has 0 aliphatic carbocycles. The van der Waals surface area contributed by atoms with Gasteiger partial charge in [0, 0.05) is 18.0 Å². The average molecular weight is 307 g/mol. The number of nitrogens with zero attached hydrogens (tertiary/aromatic N) is 2. The molecule has 2 aromatic rings. The summed E-state index contributed by atoms with van der Waals surface area (Å²) >= 11 is 1.58. The topological polar surface area (TPSA) is 69.2 Å². The Labute approximate surface area is 127 Å². The Hall–Kier alpha value is -1.24. The molecule has 2 aromatic heterocycles. The summed E-state index contributed by atoms with van der Waals surface area (Å²) in [5.74, 6) is 0.727. The molecule has 1 unspecified atom stereocenters. The van der Waals surface area contributed by atoms with Crippen LogP contribution in [0.5, 0.6) is 0 Å². The summed E-state index contributed by atoms with van der Waals surface area (Å²) in [5, 5.41) is 10.3. The fraction of sp³-hybridized carbons (Fsp3) is 0.600. The first-order valence-corrected chi connectivity index (χ1v) is 8.21. The summed E-state index contributed by atoms with van der Waals surface area (Å²) in [7, 11) is 0. The van der Waals surface area contributed by atoms with Crippen LogP contribution >= 0.6 is 11.3 Å². The molecule has 5 nitrogen and oxygen atoms in total. The zero-order chi connectivity index (χ0) is 15.1. The Balaban J connectivity index is 1.95. The van der Waals surface area contributed by atoms with E-state index in [0.717, 1.165) is 52.4 Å². The van der Waals surface area contributed by atoms with Crippen LogP contribution in [0.1, 0.15) is 42.1 Å². The zero-order valence-electron chi connectivity index (χ0n) is 12.6. The van der Waals surface area contributed by atoms with Gasteiger partial charge in [-0.15, -0.1) is 11.3 Å². The van der Waals surface area contributed by atoms with Gasteiger partial charge in [0.25, 0.3) is 5.56 Å². The number of aryl methyl sites for hydroxylation is 2. The second-order valence-electron chi connectivity index (χ2n) is 5.86. The fourth-order valence-electron chi connectivity index (χ4n) is 2.92. The standard InChI is InChI=1S/C15H21N3O2S/c1-8-10(3)21-15-12(8)14(20)16-13(17-15)9(2)18-6-4-11(19)5-7-18/h9,11,19H,4-7H2,1-3H3,(H,16,17,20). The van der Waals surface area contributed by atoms with Gasteiger partial charge in [-0.1, -0.05) is 0 Å². The number of thiophene rings is 1. The lowest BCUT2D eigenvalue weighted by molar-refractivity contribution is 0.0626. The van der Waals surface area contributed by atoms with E-state index in [4.69, 9.17) is 0 Å². The van der Waals surface area contributed by atoms with Crippen LogP contribution in [0.2, 0.25) is 0 Å². The van der Waals surface area contributed by atoms with Gasteiger partial charge in [-0.3, -0.25) is 9.69 Å². The number of aliphatic hydroxyl groups is 1. The molecular weight excluding hydrogens is 286 g/mol. The number of aliphatic hydroxyl groups excluding tert-OH is 1. The van der Waals surface area contributed by atoms with Crippen molar-refractivity contribution in [1.29, 1.82) is 0 Å². The summed E-state index contributed by atoms with van der Waals surface area (Å²) in [5.41, 5.74) is 0.991. The largest absolute Gasteiger partial charge is 0.393 e. The van der Waals surface area contributed by atoms with E-state index < -0.39 is 0 Å². The van der Waals surface area contributed by atoms with Gasteiger partial charge < -0.3 is 10.1 Å². The van der Waals surface area contributed by atoms with Crippen molar-refractivity contribution >= 4 is 21.6 Å². The molecule has 0 spiro atoms. The molecule has 2 N–H and O–H groups in total. The monoisotopic (exact) mass is 307 g/mol. The van der Waals surface area contributed by atoms with E-state index in [2.05, 4.69) is 21.8 Å². The number of piperidine rings is 1. The molecule has 114 valence electrons. The maximum absolute atomic E-state index is 12.3. The van der Waals surface area contributed by atoms with Gasteiger partial charge in [0.15, 0.2) is 0 Å². The minimum absolute atomic E-state index is 0.0410. The fourth-order valence-corrected chi connectivity index (χ4v) is 3.95. The number of H-pyrrole nitrogens is 1. The first-order valence-electron chi connectivity index (χ1n) is 7.39. The third kappa shape index (κ3) is 2.63. The number of nitrogens with one attached hydrogen (secondary N) is 1. The van der Waals surface area contributed by atoms with Crippen LogP contribution in [0, 0.1) is 13.8 Å². The Bertz CT molecular complexity index is 714. The number of rotatable bonds is 2. The Morgan fingerprint density at radius 3 is 2.71 bits per heavy atom. The second kappa shape index (κ2) is 5.51. The third-order valence-electron chi connectivity index (χ3n) is 4.50. The Kier molecular flexibility index (Phi) is 3.86. The van der Waals surface area contributed by atoms with E-state index in [-0.39, 0.29) is 17.7 Å². The van der Waals surface area contributed by atoms with Crippen LogP contribution in [0.4, 0.5) is 0 Å². The van der Waals surface area contributed by atoms with Gasteiger partial charge in [0.05, 0.1) is 17.5 Å². The van der Waals surface area contributed by atoms with E-state index in [1.165, 1.54) is 0 Å². The number of fused-ring (bicyclic) bond motifs is 1. The Morgan fingerprint density at radius 2 is 2.05 bits per heavy atom. The molecule has 0 saturated carbocycles. The molecule has 3 rings (SSSR count). The van der Waals surface area contributed by atoms with Crippen LogP contribution in [-0.2, 0) is 0 Å². The minimum atomic E-state index is -0.189. The van der Waals surface area contributed by atoms with Crippen molar-refractivity contribution in [1.82, 2.24) is 14.9 Å². The average Bonchev–Trinajstić information content (AvgIpc) is 2.74. The van der Waals surface area contributed by atoms with Crippen molar-refractivity contribution in [2.24, 2.45) is 0 Å². The number of hydrogen-bond acceptors (Lipinski definition) is 5. The number of hydrogen-bond donors (Lipinski definition) is 2. The molecule has 0 radical (unpaired) electrons. The molecule has 0 aromatic carbocycles. The van der Waals surface area contributed by atoms with E-state index in [0.29, 0.717) is 0 Å². The predicted molar refractivity (Wildman–Crippen MR) is 84.9 cm³/mol. The number of aromatic nitrogens is 2. The number of aromatic amines is 1. The normalized spacial score (nSPS) is 19.2. The van der Waals surface area contributed by atoms with E-state index >= 15 is 0 Å². The molecule has 1 aliphatic rings. The van der Waals surface area contributed by atoms with E-state index in [9.17, 15) is 9.90 Å². The summed E-state index contributed by atoms with van der Waals surface area (Å²) in [6, 6.07) is 0.0670. The predicted octanol–water partition coefficient (Wildman–Crippen LogP) is 2.12. The first-order chi connectivity index (χ1) is 9.97. The van der Waals surface area contributed by atoms with E-state index in [1.54, 1.807) is 11.3 Å². The summed E-state index contributed by atoms with van der Waals surface area (Å²) in [4.78, 5) is 24.2. The lowest BCUT2D eigenvalue weighted by Crippen LogP contribution is -2.38. The molecule has 21 heavy (non-hydrogen) atoms. The van der Waals surface area contributed by atoms with Crippen molar-refractivity contribution < 1.29 is 5.11 Å². The van der Waals surface area contributed by atoms with Gasteiger partial charge in [0.2, 0.25) is 0 Å². The van der Waals surface area contributed by atoms with Gasteiger partial charge in [-0.2, -0.15) is 0 Å². The summed E-state index contributed by atoms with van der Waals surface area (Å²) < 4.78 is 0. The highest BCUT2D eigenvalue weighted by molar-refractivity contribution is 7.18. The first kappa shape index (κ1) is 14.7. The highest BCUT2D eigenvalue weighted by atomic mass is 32.1. The van der Waals surface area contributed by atoms with Crippen LogP contribution < -0.4 is 5.56 Å². The highest BCUT2D eigenvalue weighted by Gasteiger charge is 2.24. The molecule has 0 bridgehead atoms. The maximum atomic E-state index is 12.3. The van der Waals surface area contributed by atoms with Gasteiger partial charge in [-0.05, 0) is 39.2 Å². The van der Waals surface area contributed by atoms with Crippen molar-refractivity contribution in [3.63, 3.8) is 0 Å². The quantitative estimate of drug-likeness (QED) is 0.891. The zero-order valence-corrected chi connectivity index (χ0v) is 13.5. The SMILES string of the molecule is Cc1sc2nc(C(C)N3CCC(O)CC3)[nH]c(=O)c2c1C. The summed E-state index contributed by atoms with van der Waals surface area (Å²) in [6.07, 6.45) is 1.38. The van der Waals surface area contributed by atoms with E-state index in [1.807, 2.05) is 13.8 Å². The number of likely N-dealkylation sites (tertiary alicyclic amines) is 1. The lowest BCUT2D eigenvalue weighted by atomic mass is 10.1. The molecule has 0 amide bonds. The van der Waals surface area contributed by atoms with Gasteiger partial charge in [0.1, 0.15) is 10.7 Å². The van der Waals surface area contributed by atoms with Crippen LogP contribution in [0.3, 0.4) is 0 Å². The van der Waals surface area contributed by atoms with Gasteiger partial charge in [-0.25, -0.2) is 4.98 Å². The summed E-state index contributed by atoms with van der Waals surface area (Å²) in [6.45, 7) is 7.74. The Morgan fingerprint density at radius 1 is 1.38 bits per heavy atom. The minimum Gasteiger partial charge on any atom is -0.393 e. The molecule has 1 fully saturated rings. The molecular formula is C15H21N3O2S. The van der Waals surface area contributed by atoms with Crippen molar-refractivity contribution in [2.75, 3.05) is 13.1 Å². The van der Waals surface area contributed by atoms with Gasteiger partial charge >= 0.3 is 0 Å². The van der Waals surface area contributed by atoms with Crippen LogP contribution in [-0.4, -0.2) is 39.2 Å². The van der Waals surface area contributed by atoms with Crippen LogP contribution in [0.15, 0.2) is 4.79 Å². The molecule has 1 saturated heterocycles. The van der Waals surface area contributed by atoms with Crippen LogP contribution in [0.25, 0.3) is 10.2 Å². The third-order valence-corrected chi connectivity index (χ3v) is 5.60. The van der Waals surface area contributed by atoms with Crippen molar-refractivity contribution in [3.05, 3.63) is 26.6 Å². The second-order valence-corrected chi connectivity index (χ2v) is 7.06. The lowest BCUT2D eigenvalue weighted by Gasteiger charge is -2.33. The highest BCUT2D eigenvalue weighted by Crippen LogP contribution is 2.28. The van der Waals surface area contributed by atoms with Crippen molar-refractivity contribution in [2.45, 2.75) is 45.8 Å². The molecule has 1 atom stereocenters.